The molecule has 0 aromatic carbocycles. The Morgan fingerprint density at radius 3 is 2.84 bits per heavy atom. The van der Waals surface area contributed by atoms with Crippen LogP contribution in [0.1, 0.15) is 38.4 Å². The number of anilines is 1. The van der Waals surface area contributed by atoms with Crippen molar-refractivity contribution in [2.24, 2.45) is 5.92 Å². The Morgan fingerprint density at radius 1 is 1.32 bits per heavy atom. The van der Waals surface area contributed by atoms with Crippen molar-refractivity contribution in [2.75, 3.05) is 11.9 Å². The Kier molecular flexibility index (Phi) is 4.35. The summed E-state index contributed by atoms with van der Waals surface area (Å²) >= 11 is 0. The minimum Gasteiger partial charge on any atom is -0.358 e. The van der Waals surface area contributed by atoms with E-state index in [1.165, 1.54) is 5.56 Å². The summed E-state index contributed by atoms with van der Waals surface area (Å²) in [6.45, 7) is 6.72. The zero-order valence-corrected chi connectivity index (χ0v) is 11.9. The fourth-order valence-electron chi connectivity index (χ4n) is 2.21. The molecule has 1 atom stereocenters. The maximum Gasteiger partial charge on any atom is 0.242 e. The maximum absolute atomic E-state index is 11.9. The minimum atomic E-state index is -0.279. The molecule has 0 saturated carbocycles. The molecule has 104 valence electrons. The van der Waals surface area contributed by atoms with E-state index in [9.17, 15) is 4.79 Å². The van der Waals surface area contributed by atoms with Crippen molar-refractivity contribution in [3.63, 3.8) is 0 Å². The van der Waals surface area contributed by atoms with Crippen molar-refractivity contribution in [3.8, 4) is 0 Å². The Labute approximate surface area is 114 Å². The van der Waals surface area contributed by atoms with Gasteiger partial charge in [0.05, 0.1) is 0 Å². The number of aryl methyl sites for hydroxylation is 1. The van der Waals surface area contributed by atoms with Gasteiger partial charge in [0, 0.05) is 17.8 Å². The molecule has 1 amide bonds. The summed E-state index contributed by atoms with van der Waals surface area (Å²) in [7, 11) is 0. The largest absolute Gasteiger partial charge is 0.358 e. The summed E-state index contributed by atoms with van der Waals surface area (Å²) in [4.78, 5) is 20.5. The average molecular weight is 262 g/mol. The van der Waals surface area contributed by atoms with Gasteiger partial charge >= 0.3 is 0 Å². The van der Waals surface area contributed by atoms with Gasteiger partial charge in [-0.05, 0) is 32.1 Å². The normalized spacial score (nSPS) is 15.2. The highest BCUT2D eigenvalue weighted by atomic mass is 16.2. The molecule has 0 bridgehead atoms. The van der Waals surface area contributed by atoms with Gasteiger partial charge in [0.25, 0.3) is 0 Å². The Morgan fingerprint density at radius 2 is 2.11 bits per heavy atom. The first kappa shape index (κ1) is 13.8. The predicted octanol–water partition coefficient (Wildman–Crippen LogP) is 1.54. The molecule has 1 aliphatic rings. The van der Waals surface area contributed by atoms with E-state index in [0.29, 0.717) is 12.5 Å². The molecule has 2 rings (SSSR count). The third-order valence-corrected chi connectivity index (χ3v) is 3.31. The molecule has 19 heavy (non-hydrogen) atoms. The quantitative estimate of drug-likeness (QED) is 0.844. The number of hydrogen-bond donors (Lipinski definition) is 2. The summed E-state index contributed by atoms with van der Waals surface area (Å²) in [6, 6.07) is -0.279. The van der Waals surface area contributed by atoms with Crippen LogP contribution in [0.4, 0.5) is 5.82 Å². The molecule has 1 aliphatic carbocycles. The second kappa shape index (κ2) is 5.99. The lowest BCUT2D eigenvalue weighted by atomic mass is 10.2. The smallest absolute Gasteiger partial charge is 0.242 e. The first-order valence-electron chi connectivity index (χ1n) is 6.95. The third kappa shape index (κ3) is 3.43. The van der Waals surface area contributed by atoms with Crippen LogP contribution in [0.3, 0.4) is 0 Å². The van der Waals surface area contributed by atoms with E-state index < -0.39 is 0 Å². The van der Waals surface area contributed by atoms with E-state index in [-0.39, 0.29) is 11.9 Å². The van der Waals surface area contributed by atoms with Crippen LogP contribution in [-0.4, -0.2) is 28.5 Å². The lowest BCUT2D eigenvalue weighted by Crippen LogP contribution is -2.39. The van der Waals surface area contributed by atoms with Gasteiger partial charge in [-0.3, -0.25) is 4.79 Å². The second-order valence-corrected chi connectivity index (χ2v) is 5.51. The highest BCUT2D eigenvalue weighted by molar-refractivity contribution is 5.84. The lowest BCUT2D eigenvalue weighted by molar-refractivity contribution is -0.121. The molecular weight excluding hydrogens is 240 g/mol. The number of fused-ring (bicyclic) bond motifs is 1. The van der Waals surface area contributed by atoms with E-state index in [0.717, 1.165) is 30.8 Å². The molecule has 1 unspecified atom stereocenters. The van der Waals surface area contributed by atoms with Gasteiger partial charge in [-0.25, -0.2) is 9.97 Å². The molecule has 1 aromatic rings. The first-order valence-corrected chi connectivity index (χ1v) is 6.95. The Hall–Kier alpha value is -1.65. The van der Waals surface area contributed by atoms with Gasteiger partial charge in [-0.1, -0.05) is 13.8 Å². The van der Waals surface area contributed by atoms with Crippen LogP contribution in [0.5, 0.6) is 0 Å². The fraction of sp³-hybridized carbons (Fsp3) is 0.643. The molecule has 5 heteroatoms. The minimum absolute atomic E-state index is 0.0130. The zero-order chi connectivity index (χ0) is 13.8. The van der Waals surface area contributed by atoms with Crippen LogP contribution < -0.4 is 10.6 Å². The maximum atomic E-state index is 11.9. The van der Waals surface area contributed by atoms with Gasteiger partial charge in [0.1, 0.15) is 18.2 Å². The highest BCUT2D eigenvalue weighted by Crippen LogP contribution is 2.25. The Balaban J connectivity index is 1.97. The lowest BCUT2D eigenvalue weighted by Gasteiger charge is -2.17. The van der Waals surface area contributed by atoms with Crippen LogP contribution in [-0.2, 0) is 17.6 Å². The van der Waals surface area contributed by atoms with E-state index >= 15 is 0 Å². The van der Waals surface area contributed by atoms with Crippen LogP contribution in [0.2, 0.25) is 0 Å². The summed E-state index contributed by atoms with van der Waals surface area (Å²) in [5, 5.41) is 6.13. The van der Waals surface area contributed by atoms with Crippen molar-refractivity contribution in [1.82, 2.24) is 15.3 Å². The Bertz CT molecular complexity index is 459. The molecular formula is C14H22N4O. The zero-order valence-electron chi connectivity index (χ0n) is 11.9. The number of rotatable bonds is 5. The van der Waals surface area contributed by atoms with E-state index in [2.05, 4.69) is 34.4 Å². The van der Waals surface area contributed by atoms with E-state index in [4.69, 9.17) is 0 Å². The standard InChI is InChI=1S/C14H22N4O/c1-9(2)7-15-14(19)10(3)18-13-11-5-4-6-12(11)16-8-17-13/h8-10H,4-7H2,1-3H3,(H,15,19)(H,16,17,18). The number of nitrogens with one attached hydrogen (secondary N) is 2. The highest BCUT2D eigenvalue weighted by Gasteiger charge is 2.20. The summed E-state index contributed by atoms with van der Waals surface area (Å²) in [5.74, 6) is 1.29. The van der Waals surface area contributed by atoms with E-state index in [1.54, 1.807) is 6.33 Å². The number of carbonyl (C=O) groups excluding carboxylic acids is 1. The van der Waals surface area contributed by atoms with Gasteiger partial charge in [-0.15, -0.1) is 0 Å². The second-order valence-electron chi connectivity index (χ2n) is 5.51. The van der Waals surface area contributed by atoms with Crippen molar-refractivity contribution < 1.29 is 4.79 Å². The molecule has 0 saturated heterocycles. The number of carbonyl (C=O) groups is 1. The van der Waals surface area contributed by atoms with Crippen LogP contribution in [0.25, 0.3) is 0 Å². The van der Waals surface area contributed by atoms with Gasteiger partial charge in [0.2, 0.25) is 5.91 Å². The van der Waals surface area contributed by atoms with E-state index in [1.807, 2.05) is 6.92 Å². The molecule has 0 aliphatic heterocycles. The van der Waals surface area contributed by atoms with Crippen molar-refractivity contribution in [2.45, 2.75) is 46.1 Å². The SMILES string of the molecule is CC(C)CNC(=O)C(C)Nc1ncnc2c1CCC2. The first-order chi connectivity index (χ1) is 9.08. The number of aromatic nitrogens is 2. The topological polar surface area (TPSA) is 66.9 Å². The number of amides is 1. The molecule has 1 heterocycles. The monoisotopic (exact) mass is 262 g/mol. The molecule has 5 nitrogen and oxygen atoms in total. The summed E-state index contributed by atoms with van der Waals surface area (Å²) in [6.07, 6.45) is 4.71. The number of hydrogen-bond acceptors (Lipinski definition) is 4. The molecule has 0 radical (unpaired) electrons. The molecule has 0 fully saturated rings. The van der Waals surface area contributed by atoms with Crippen LogP contribution in [0.15, 0.2) is 6.33 Å². The summed E-state index contributed by atoms with van der Waals surface area (Å²) < 4.78 is 0. The average Bonchev–Trinajstić information content (AvgIpc) is 2.85. The van der Waals surface area contributed by atoms with Crippen molar-refractivity contribution in [1.29, 1.82) is 0 Å². The molecule has 1 aromatic heterocycles. The van der Waals surface area contributed by atoms with Gasteiger partial charge in [0.15, 0.2) is 0 Å². The van der Waals surface area contributed by atoms with Crippen molar-refractivity contribution in [3.05, 3.63) is 17.6 Å². The van der Waals surface area contributed by atoms with Gasteiger partial charge in [-0.2, -0.15) is 0 Å². The number of nitrogens with zero attached hydrogens (tertiary/aromatic N) is 2. The summed E-state index contributed by atoms with van der Waals surface area (Å²) in [5.41, 5.74) is 2.29. The predicted molar refractivity (Wildman–Crippen MR) is 75.0 cm³/mol. The molecule has 0 spiro atoms. The molecule has 2 N–H and O–H groups in total. The van der Waals surface area contributed by atoms with Crippen molar-refractivity contribution >= 4 is 11.7 Å². The van der Waals surface area contributed by atoms with Gasteiger partial charge < -0.3 is 10.6 Å². The van der Waals surface area contributed by atoms with Crippen LogP contribution in [0, 0.1) is 5.92 Å². The van der Waals surface area contributed by atoms with Crippen LogP contribution >= 0.6 is 0 Å². The third-order valence-electron chi connectivity index (χ3n) is 3.31. The fourth-order valence-corrected chi connectivity index (χ4v) is 2.21.